The Morgan fingerprint density at radius 1 is 0.760 bits per heavy atom. The van der Waals surface area contributed by atoms with Crippen molar-refractivity contribution in [3.05, 3.63) is 52.1 Å². The van der Waals surface area contributed by atoms with E-state index in [1.54, 1.807) is 7.11 Å². The second kappa shape index (κ2) is 6.34. The fraction of sp³-hybridized carbons (Fsp3) is 0.583. The van der Waals surface area contributed by atoms with Crippen molar-refractivity contribution in [2.75, 3.05) is 7.11 Å². The fourth-order valence-corrected chi connectivity index (χ4v) is 3.66. The molecule has 0 heterocycles. The van der Waals surface area contributed by atoms with Crippen molar-refractivity contribution in [2.45, 2.75) is 79.6 Å². The van der Waals surface area contributed by atoms with E-state index in [1.165, 1.54) is 27.8 Å². The monoisotopic (exact) mass is 340 g/mol. The third-order valence-corrected chi connectivity index (χ3v) is 5.55. The number of allylic oxidation sites excluding steroid dienone is 4. The van der Waals surface area contributed by atoms with Crippen LogP contribution in [0.3, 0.4) is 0 Å². The smallest absolute Gasteiger partial charge is 0.126 e. The van der Waals surface area contributed by atoms with E-state index in [4.69, 9.17) is 4.74 Å². The van der Waals surface area contributed by atoms with E-state index in [0.717, 1.165) is 12.2 Å². The Bertz CT molecular complexity index is 716. The van der Waals surface area contributed by atoms with Gasteiger partial charge in [-0.25, -0.2) is 0 Å². The van der Waals surface area contributed by atoms with Crippen molar-refractivity contribution in [1.29, 1.82) is 0 Å². The summed E-state index contributed by atoms with van der Waals surface area (Å²) in [5.41, 5.74) is 7.11. The van der Waals surface area contributed by atoms with E-state index in [1.807, 2.05) is 0 Å². The lowest BCUT2D eigenvalue weighted by molar-refractivity contribution is 0.382. The Labute approximate surface area is 155 Å². The van der Waals surface area contributed by atoms with Crippen LogP contribution in [-0.4, -0.2) is 7.11 Å². The summed E-state index contributed by atoms with van der Waals surface area (Å²) < 4.78 is 5.95. The minimum absolute atomic E-state index is 0.0547. The fourth-order valence-electron chi connectivity index (χ4n) is 3.66. The van der Waals surface area contributed by atoms with Crippen molar-refractivity contribution in [3.8, 4) is 5.75 Å². The van der Waals surface area contributed by atoms with E-state index in [9.17, 15) is 0 Å². The maximum atomic E-state index is 5.95. The van der Waals surface area contributed by atoms with Crippen molar-refractivity contribution >= 4 is 0 Å². The van der Waals surface area contributed by atoms with Gasteiger partial charge in [-0.1, -0.05) is 96.4 Å². The maximum absolute atomic E-state index is 5.95. The Morgan fingerprint density at radius 3 is 1.72 bits per heavy atom. The van der Waals surface area contributed by atoms with Gasteiger partial charge in [0.2, 0.25) is 0 Å². The summed E-state index contributed by atoms with van der Waals surface area (Å²) in [6, 6.07) is 4.59. The highest BCUT2D eigenvalue weighted by atomic mass is 16.5. The lowest BCUT2D eigenvalue weighted by atomic mass is 9.72. The molecule has 0 N–H and O–H groups in total. The third-order valence-electron chi connectivity index (χ3n) is 5.55. The molecular formula is C24H36O. The number of ether oxygens (including phenoxy) is 1. The van der Waals surface area contributed by atoms with Crippen LogP contribution in [0.25, 0.3) is 0 Å². The van der Waals surface area contributed by atoms with Crippen LogP contribution in [0.15, 0.2) is 35.4 Å². The van der Waals surface area contributed by atoms with Gasteiger partial charge < -0.3 is 4.74 Å². The molecule has 0 radical (unpaired) electrons. The van der Waals surface area contributed by atoms with Gasteiger partial charge in [-0.15, -0.1) is 0 Å². The number of rotatable bonds is 3. The Morgan fingerprint density at radius 2 is 1.28 bits per heavy atom. The molecule has 25 heavy (non-hydrogen) atoms. The molecule has 0 fully saturated rings. The van der Waals surface area contributed by atoms with Gasteiger partial charge in [-0.2, -0.15) is 0 Å². The maximum Gasteiger partial charge on any atom is 0.126 e. The zero-order valence-corrected chi connectivity index (χ0v) is 17.9. The van der Waals surface area contributed by atoms with Crippen LogP contribution in [0.2, 0.25) is 0 Å². The van der Waals surface area contributed by atoms with Gasteiger partial charge in [0.1, 0.15) is 5.75 Å². The molecule has 0 aliphatic heterocycles. The molecule has 1 aromatic carbocycles. The zero-order chi connectivity index (χ0) is 19.2. The van der Waals surface area contributed by atoms with E-state index in [0.29, 0.717) is 0 Å². The van der Waals surface area contributed by atoms with Crippen LogP contribution in [0, 0.1) is 12.3 Å². The summed E-state index contributed by atoms with van der Waals surface area (Å²) >= 11 is 0. The topological polar surface area (TPSA) is 9.23 Å². The van der Waals surface area contributed by atoms with Crippen LogP contribution < -0.4 is 4.74 Å². The summed E-state index contributed by atoms with van der Waals surface area (Å²) in [7, 11) is 1.81. The Hall–Kier alpha value is -1.50. The van der Waals surface area contributed by atoms with Crippen LogP contribution in [0.1, 0.15) is 78.5 Å². The average molecular weight is 341 g/mol. The highest BCUT2D eigenvalue weighted by Gasteiger charge is 2.35. The highest BCUT2D eigenvalue weighted by molar-refractivity contribution is 5.55. The summed E-state index contributed by atoms with van der Waals surface area (Å²) in [5, 5.41) is 0. The number of benzene rings is 1. The van der Waals surface area contributed by atoms with E-state index < -0.39 is 0 Å². The molecule has 1 heteroatoms. The first-order valence-electron chi connectivity index (χ1n) is 9.38. The van der Waals surface area contributed by atoms with Crippen LogP contribution in [0.5, 0.6) is 5.75 Å². The van der Waals surface area contributed by atoms with Crippen molar-refractivity contribution in [2.24, 2.45) is 5.41 Å². The van der Waals surface area contributed by atoms with Crippen molar-refractivity contribution in [1.82, 2.24) is 0 Å². The quantitative estimate of drug-likeness (QED) is 0.582. The van der Waals surface area contributed by atoms with Gasteiger partial charge in [0.05, 0.1) is 7.11 Å². The predicted octanol–water partition coefficient (Wildman–Crippen LogP) is 6.88. The molecule has 0 saturated heterocycles. The Balaban J connectivity index is 2.53. The molecule has 0 unspecified atom stereocenters. The van der Waals surface area contributed by atoms with Crippen LogP contribution in [0.4, 0.5) is 0 Å². The second-order valence-corrected chi connectivity index (χ2v) is 10.1. The first-order valence-corrected chi connectivity index (χ1v) is 9.38. The zero-order valence-electron chi connectivity index (χ0n) is 17.9. The third kappa shape index (κ3) is 3.86. The predicted molar refractivity (Wildman–Crippen MR) is 110 cm³/mol. The largest absolute Gasteiger partial charge is 0.496 e. The molecule has 1 nitrogen and oxygen atoms in total. The van der Waals surface area contributed by atoms with Gasteiger partial charge in [-0.3, -0.25) is 0 Å². The average Bonchev–Trinajstić information content (AvgIpc) is 2.96. The summed E-state index contributed by atoms with van der Waals surface area (Å²) in [5.74, 6) is 1.05. The van der Waals surface area contributed by atoms with Gasteiger partial charge in [0.25, 0.3) is 0 Å². The van der Waals surface area contributed by atoms with E-state index in [-0.39, 0.29) is 16.2 Å². The lowest BCUT2D eigenvalue weighted by Gasteiger charge is -2.34. The lowest BCUT2D eigenvalue weighted by Crippen LogP contribution is -2.24. The first kappa shape index (κ1) is 19.8. The van der Waals surface area contributed by atoms with Gasteiger partial charge in [-0.05, 0) is 24.2 Å². The molecule has 2 rings (SSSR count). The number of aryl methyl sites for hydroxylation is 1. The number of hydrogen-bond donors (Lipinski definition) is 0. The molecule has 1 aliphatic carbocycles. The minimum atomic E-state index is -0.0547. The standard InChI is InChI=1S/C24H36O/c1-16-13-19(23(5,6)7)21(25-10)20(14-16)24(8,9)18-12-11-17(15-18)22(2,3)4/h11-14H,15H2,1-10H3. The van der Waals surface area contributed by atoms with Crippen molar-refractivity contribution in [3.63, 3.8) is 0 Å². The Kier molecular flexibility index (Phi) is 5.03. The van der Waals surface area contributed by atoms with E-state index >= 15 is 0 Å². The van der Waals surface area contributed by atoms with Crippen LogP contribution >= 0.6 is 0 Å². The van der Waals surface area contributed by atoms with Gasteiger partial charge >= 0.3 is 0 Å². The summed E-state index contributed by atoms with van der Waals surface area (Å²) in [6.45, 7) is 20.5. The summed E-state index contributed by atoms with van der Waals surface area (Å²) in [4.78, 5) is 0. The van der Waals surface area contributed by atoms with Crippen molar-refractivity contribution < 1.29 is 4.74 Å². The second-order valence-electron chi connectivity index (χ2n) is 10.1. The molecular weight excluding hydrogens is 304 g/mol. The molecule has 1 aromatic rings. The highest BCUT2D eigenvalue weighted by Crippen LogP contribution is 2.47. The number of hydrogen-bond acceptors (Lipinski definition) is 1. The van der Waals surface area contributed by atoms with Crippen LogP contribution in [-0.2, 0) is 10.8 Å². The molecule has 0 bridgehead atoms. The number of methoxy groups -OCH3 is 1. The molecule has 0 amide bonds. The normalized spacial score (nSPS) is 15.9. The first-order chi connectivity index (χ1) is 11.3. The molecule has 0 saturated carbocycles. The van der Waals surface area contributed by atoms with Gasteiger partial charge in [0, 0.05) is 16.5 Å². The summed E-state index contributed by atoms with van der Waals surface area (Å²) in [6.07, 6.45) is 5.71. The molecule has 0 aromatic heterocycles. The van der Waals surface area contributed by atoms with Gasteiger partial charge in [0.15, 0.2) is 0 Å². The van der Waals surface area contributed by atoms with E-state index in [2.05, 4.69) is 86.6 Å². The molecule has 0 spiro atoms. The minimum Gasteiger partial charge on any atom is -0.496 e. The SMILES string of the molecule is COc1c(C(C)(C)C)cc(C)cc1C(C)(C)C1=CC=C(C(C)(C)C)C1. The molecule has 138 valence electrons. The molecule has 0 atom stereocenters. The molecule has 1 aliphatic rings.